The molecule has 1 atom stereocenters. The molecule has 140 valence electrons. The van der Waals surface area contributed by atoms with E-state index in [0.29, 0.717) is 27.8 Å². The van der Waals surface area contributed by atoms with Gasteiger partial charge < -0.3 is 14.8 Å². The average Bonchev–Trinajstić information content (AvgIpc) is 2.91. The van der Waals surface area contributed by atoms with Gasteiger partial charge in [0.2, 0.25) is 0 Å². The summed E-state index contributed by atoms with van der Waals surface area (Å²) in [6, 6.07) is 5.21. The van der Waals surface area contributed by atoms with Gasteiger partial charge in [-0.05, 0) is 56.5 Å². The number of nitrogens with one attached hydrogen (secondary N) is 1. The van der Waals surface area contributed by atoms with Crippen LogP contribution in [0.5, 0.6) is 5.75 Å². The number of halogens is 1. The molecule has 0 aliphatic rings. The SMILES string of the molecule is CCc1c(C)sc(NC(=O)C(C)Oc2ccc(Cl)cc2C)c1C(=O)OC. The molecule has 1 N–H and O–H groups in total. The maximum absolute atomic E-state index is 12.6. The van der Waals surface area contributed by atoms with Crippen molar-refractivity contribution < 1.29 is 19.1 Å². The van der Waals surface area contributed by atoms with Gasteiger partial charge in [-0.1, -0.05) is 18.5 Å². The highest BCUT2D eigenvalue weighted by Crippen LogP contribution is 2.34. The molecule has 5 nitrogen and oxygen atoms in total. The molecule has 0 radical (unpaired) electrons. The highest BCUT2D eigenvalue weighted by molar-refractivity contribution is 7.16. The van der Waals surface area contributed by atoms with Gasteiger partial charge in [0.25, 0.3) is 5.91 Å². The number of rotatable bonds is 6. The van der Waals surface area contributed by atoms with Crippen molar-refractivity contribution in [1.82, 2.24) is 0 Å². The normalized spacial score (nSPS) is 11.8. The summed E-state index contributed by atoms with van der Waals surface area (Å²) in [5, 5.41) is 3.89. The predicted octanol–water partition coefficient (Wildman–Crippen LogP) is 4.77. The van der Waals surface area contributed by atoms with Gasteiger partial charge in [0.05, 0.1) is 12.7 Å². The third-order valence-electron chi connectivity index (χ3n) is 4.00. The highest BCUT2D eigenvalue weighted by atomic mass is 35.5. The lowest BCUT2D eigenvalue weighted by Crippen LogP contribution is -2.30. The van der Waals surface area contributed by atoms with Crippen molar-refractivity contribution in [1.29, 1.82) is 0 Å². The molecule has 0 saturated carbocycles. The quantitative estimate of drug-likeness (QED) is 0.715. The zero-order valence-corrected chi connectivity index (χ0v) is 17.0. The first kappa shape index (κ1) is 20.3. The van der Waals surface area contributed by atoms with Crippen LogP contribution in [0.2, 0.25) is 5.02 Å². The van der Waals surface area contributed by atoms with Crippen LogP contribution in [0.15, 0.2) is 18.2 Å². The second kappa shape index (κ2) is 8.56. The second-order valence-electron chi connectivity index (χ2n) is 5.85. The molecule has 0 spiro atoms. The smallest absolute Gasteiger partial charge is 0.341 e. The van der Waals surface area contributed by atoms with Crippen molar-refractivity contribution in [3.63, 3.8) is 0 Å². The summed E-state index contributed by atoms with van der Waals surface area (Å²) < 4.78 is 10.6. The topological polar surface area (TPSA) is 64.6 Å². The summed E-state index contributed by atoms with van der Waals surface area (Å²) in [4.78, 5) is 25.7. The zero-order chi connectivity index (χ0) is 19.4. The number of esters is 1. The Kier molecular flexibility index (Phi) is 6.67. The van der Waals surface area contributed by atoms with E-state index in [-0.39, 0.29) is 5.91 Å². The molecule has 0 aliphatic heterocycles. The monoisotopic (exact) mass is 395 g/mol. The number of anilines is 1. The number of thiophene rings is 1. The van der Waals surface area contributed by atoms with Crippen LogP contribution in [0.4, 0.5) is 5.00 Å². The van der Waals surface area contributed by atoms with Gasteiger partial charge in [-0.3, -0.25) is 4.79 Å². The number of methoxy groups -OCH3 is 1. The van der Waals surface area contributed by atoms with Crippen LogP contribution >= 0.6 is 22.9 Å². The number of hydrogen-bond donors (Lipinski definition) is 1. The van der Waals surface area contributed by atoms with Gasteiger partial charge in [-0.25, -0.2) is 4.79 Å². The van der Waals surface area contributed by atoms with Crippen LogP contribution in [0.25, 0.3) is 0 Å². The van der Waals surface area contributed by atoms with Crippen LogP contribution in [0.3, 0.4) is 0 Å². The molecule has 1 aromatic heterocycles. The fourth-order valence-corrected chi connectivity index (χ4v) is 3.98. The van der Waals surface area contributed by atoms with Crippen molar-refractivity contribution in [3.8, 4) is 5.75 Å². The van der Waals surface area contributed by atoms with Crippen LogP contribution in [0, 0.1) is 13.8 Å². The Morgan fingerprint density at radius 3 is 2.58 bits per heavy atom. The molecule has 2 aromatic rings. The summed E-state index contributed by atoms with van der Waals surface area (Å²) in [7, 11) is 1.33. The van der Waals surface area contributed by atoms with Crippen molar-refractivity contribution >= 4 is 39.8 Å². The van der Waals surface area contributed by atoms with Crippen molar-refractivity contribution in [2.75, 3.05) is 12.4 Å². The molecule has 26 heavy (non-hydrogen) atoms. The van der Waals surface area contributed by atoms with E-state index in [9.17, 15) is 9.59 Å². The van der Waals surface area contributed by atoms with E-state index >= 15 is 0 Å². The molecule has 1 amide bonds. The Labute approximate surface area is 162 Å². The predicted molar refractivity (Wildman–Crippen MR) is 105 cm³/mol. The average molecular weight is 396 g/mol. The molecule has 2 rings (SSSR count). The van der Waals surface area contributed by atoms with Crippen LogP contribution < -0.4 is 10.1 Å². The minimum atomic E-state index is -0.743. The van der Waals surface area contributed by atoms with E-state index in [1.807, 2.05) is 20.8 Å². The van der Waals surface area contributed by atoms with E-state index in [1.54, 1.807) is 25.1 Å². The summed E-state index contributed by atoms with van der Waals surface area (Å²) in [5.41, 5.74) is 2.15. The molecular formula is C19H22ClNO4S. The molecule has 1 unspecified atom stereocenters. The lowest BCUT2D eigenvalue weighted by Gasteiger charge is -2.16. The maximum atomic E-state index is 12.6. The molecule has 1 aromatic carbocycles. The molecule has 0 saturated heterocycles. The summed E-state index contributed by atoms with van der Waals surface area (Å²) in [6.45, 7) is 7.39. The number of carbonyl (C=O) groups is 2. The van der Waals surface area contributed by atoms with Crippen molar-refractivity contribution in [2.45, 2.75) is 40.2 Å². The Morgan fingerprint density at radius 1 is 1.31 bits per heavy atom. The van der Waals surface area contributed by atoms with Crippen molar-refractivity contribution in [2.24, 2.45) is 0 Å². The molecule has 0 aliphatic carbocycles. The molecule has 1 heterocycles. The summed E-state index contributed by atoms with van der Waals surface area (Å²) in [5.74, 6) is -0.209. The van der Waals surface area contributed by atoms with Gasteiger partial charge in [0.1, 0.15) is 10.8 Å². The fraction of sp³-hybridized carbons (Fsp3) is 0.368. The van der Waals surface area contributed by atoms with Gasteiger partial charge in [-0.2, -0.15) is 0 Å². The lowest BCUT2D eigenvalue weighted by atomic mass is 10.1. The van der Waals surface area contributed by atoms with Crippen LogP contribution in [-0.4, -0.2) is 25.1 Å². The van der Waals surface area contributed by atoms with Gasteiger partial charge >= 0.3 is 5.97 Å². The minimum Gasteiger partial charge on any atom is -0.481 e. The van der Waals surface area contributed by atoms with Crippen LogP contribution in [0.1, 0.15) is 40.2 Å². The number of carbonyl (C=O) groups excluding carboxylic acids is 2. The van der Waals surface area contributed by atoms with Crippen LogP contribution in [-0.2, 0) is 16.0 Å². The number of ether oxygens (including phenoxy) is 2. The summed E-state index contributed by atoms with van der Waals surface area (Å²) >= 11 is 7.30. The number of aryl methyl sites for hydroxylation is 2. The third kappa shape index (κ3) is 4.37. The first-order valence-corrected chi connectivity index (χ1v) is 9.42. The van der Waals surface area contributed by atoms with E-state index < -0.39 is 12.1 Å². The number of benzene rings is 1. The minimum absolute atomic E-state index is 0.339. The Balaban J connectivity index is 2.20. The first-order valence-electron chi connectivity index (χ1n) is 8.22. The maximum Gasteiger partial charge on any atom is 0.341 e. The Hall–Kier alpha value is -2.05. The Bertz CT molecular complexity index is 831. The summed E-state index contributed by atoms with van der Waals surface area (Å²) in [6.07, 6.45) is -0.0635. The molecule has 0 fully saturated rings. The largest absolute Gasteiger partial charge is 0.481 e. The van der Waals surface area contributed by atoms with Gasteiger partial charge in [-0.15, -0.1) is 11.3 Å². The number of hydrogen-bond acceptors (Lipinski definition) is 5. The fourth-order valence-electron chi connectivity index (χ4n) is 2.61. The van der Waals surface area contributed by atoms with Crippen molar-refractivity contribution in [3.05, 3.63) is 44.8 Å². The Morgan fingerprint density at radius 2 is 2.00 bits per heavy atom. The molecular weight excluding hydrogens is 374 g/mol. The lowest BCUT2D eigenvalue weighted by molar-refractivity contribution is -0.122. The second-order valence-corrected chi connectivity index (χ2v) is 7.51. The number of amides is 1. The van der Waals surface area contributed by atoms with E-state index in [0.717, 1.165) is 16.0 Å². The van der Waals surface area contributed by atoms with E-state index in [2.05, 4.69) is 5.32 Å². The zero-order valence-electron chi connectivity index (χ0n) is 15.4. The van der Waals surface area contributed by atoms with E-state index in [1.165, 1.54) is 18.4 Å². The molecule has 7 heteroatoms. The van der Waals surface area contributed by atoms with E-state index in [4.69, 9.17) is 21.1 Å². The standard InChI is InChI=1S/C19H22ClNO4S/c1-6-14-12(4)26-18(16(14)19(23)24-5)21-17(22)11(3)25-15-8-7-13(20)9-10(15)2/h7-9,11H,6H2,1-5H3,(H,21,22). The van der Waals surface area contributed by atoms with Gasteiger partial charge in [0, 0.05) is 9.90 Å². The third-order valence-corrected chi connectivity index (χ3v) is 5.30. The highest BCUT2D eigenvalue weighted by Gasteiger charge is 2.25. The molecule has 0 bridgehead atoms. The van der Waals surface area contributed by atoms with Gasteiger partial charge in [0.15, 0.2) is 6.10 Å². The first-order chi connectivity index (χ1) is 12.3.